The first kappa shape index (κ1) is 16.3. The summed E-state index contributed by atoms with van der Waals surface area (Å²) in [6.07, 6.45) is 2.79. The molecule has 0 spiro atoms. The average Bonchev–Trinajstić information content (AvgIpc) is 2.39. The largest absolute Gasteiger partial charge is 0.437 e. The Hall–Kier alpha value is -2.03. The molecule has 1 aromatic heterocycles. The van der Waals surface area contributed by atoms with Gasteiger partial charge in [-0.15, -0.1) is 0 Å². The van der Waals surface area contributed by atoms with Crippen LogP contribution < -0.4 is 10.5 Å². The van der Waals surface area contributed by atoms with Crippen molar-refractivity contribution in [2.45, 2.75) is 46.5 Å². The first-order valence-electron chi connectivity index (χ1n) is 7.66. The van der Waals surface area contributed by atoms with Crippen LogP contribution in [0, 0.1) is 5.41 Å². The van der Waals surface area contributed by atoms with Gasteiger partial charge in [-0.1, -0.05) is 46.8 Å². The topological polar surface area (TPSA) is 48.1 Å². The molecule has 3 nitrogen and oxygen atoms in total. The zero-order valence-corrected chi connectivity index (χ0v) is 14.2. The predicted octanol–water partition coefficient (Wildman–Crippen LogP) is 5.17. The van der Waals surface area contributed by atoms with Crippen molar-refractivity contribution < 1.29 is 4.74 Å². The number of anilines is 1. The zero-order valence-electron chi connectivity index (χ0n) is 14.2. The van der Waals surface area contributed by atoms with Crippen molar-refractivity contribution in [3.05, 3.63) is 48.2 Å². The number of hydrogen-bond acceptors (Lipinski definition) is 3. The molecule has 2 N–H and O–H groups in total. The van der Waals surface area contributed by atoms with Crippen molar-refractivity contribution in [2.75, 3.05) is 5.73 Å². The Bertz CT molecular complexity index is 625. The summed E-state index contributed by atoms with van der Waals surface area (Å²) in [5.74, 6) is 1.20. The summed E-state index contributed by atoms with van der Waals surface area (Å²) < 4.78 is 5.74. The quantitative estimate of drug-likeness (QED) is 0.847. The second-order valence-electron chi connectivity index (χ2n) is 7.65. The van der Waals surface area contributed by atoms with Gasteiger partial charge in [0.1, 0.15) is 5.75 Å². The highest BCUT2D eigenvalue weighted by molar-refractivity contribution is 5.49. The Morgan fingerprint density at radius 1 is 1.00 bits per heavy atom. The maximum Gasteiger partial charge on any atom is 0.242 e. The molecule has 1 heterocycles. The molecule has 1 aromatic carbocycles. The molecule has 0 bridgehead atoms. The van der Waals surface area contributed by atoms with Gasteiger partial charge in [0.25, 0.3) is 0 Å². The van der Waals surface area contributed by atoms with Gasteiger partial charge in [-0.3, -0.25) is 0 Å². The lowest BCUT2D eigenvalue weighted by atomic mass is 9.72. The molecule has 0 amide bonds. The molecule has 0 saturated carbocycles. The summed E-state index contributed by atoms with van der Waals surface area (Å²) in [6.45, 7) is 11.4. The number of nitrogen functional groups attached to an aromatic ring is 1. The van der Waals surface area contributed by atoms with E-state index in [2.05, 4.69) is 51.7 Å². The first-order valence-corrected chi connectivity index (χ1v) is 7.66. The lowest BCUT2D eigenvalue weighted by Crippen LogP contribution is -2.24. The van der Waals surface area contributed by atoms with Gasteiger partial charge in [0, 0.05) is 6.20 Å². The smallest absolute Gasteiger partial charge is 0.242 e. The summed E-state index contributed by atoms with van der Waals surface area (Å²) in [4.78, 5) is 4.15. The van der Waals surface area contributed by atoms with E-state index in [0.717, 1.165) is 12.2 Å². The molecule has 0 aliphatic heterocycles. The minimum Gasteiger partial charge on any atom is -0.437 e. The molecular weight excluding hydrogens is 272 g/mol. The normalized spacial score (nSPS) is 12.2. The number of aromatic nitrogens is 1. The van der Waals surface area contributed by atoms with Gasteiger partial charge >= 0.3 is 0 Å². The van der Waals surface area contributed by atoms with Crippen molar-refractivity contribution in [1.82, 2.24) is 4.98 Å². The Labute approximate surface area is 133 Å². The number of nitrogens with zero attached hydrogens (tertiary/aromatic N) is 1. The Balaban J connectivity index is 2.15. The number of ether oxygens (including phenoxy) is 1. The molecule has 2 rings (SSSR count). The molecule has 0 aliphatic rings. The van der Waals surface area contributed by atoms with Crippen molar-refractivity contribution >= 4 is 5.69 Å². The number of nitrogens with two attached hydrogens (primary N) is 1. The molecule has 0 fully saturated rings. The third-order valence-corrected chi connectivity index (χ3v) is 3.62. The molecule has 0 saturated heterocycles. The number of rotatable bonds is 4. The van der Waals surface area contributed by atoms with E-state index in [9.17, 15) is 0 Å². The molecule has 118 valence electrons. The monoisotopic (exact) mass is 298 g/mol. The van der Waals surface area contributed by atoms with E-state index in [1.807, 2.05) is 12.1 Å². The minimum absolute atomic E-state index is 0.126. The Kier molecular flexibility index (Phi) is 4.45. The van der Waals surface area contributed by atoms with Crippen LogP contribution in [0.3, 0.4) is 0 Å². The second-order valence-corrected chi connectivity index (χ2v) is 7.65. The van der Waals surface area contributed by atoms with Crippen LogP contribution in [0.25, 0.3) is 0 Å². The van der Waals surface area contributed by atoms with E-state index in [0.29, 0.717) is 17.0 Å². The van der Waals surface area contributed by atoms with Crippen molar-refractivity contribution in [3.63, 3.8) is 0 Å². The molecular formula is C19H26N2O. The van der Waals surface area contributed by atoms with E-state index >= 15 is 0 Å². The fraction of sp³-hybridized carbons (Fsp3) is 0.421. The highest BCUT2D eigenvalue weighted by Gasteiger charge is 2.27. The predicted molar refractivity (Wildman–Crippen MR) is 92.3 cm³/mol. The third kappa shape index (κ3) is 4.23. The van der Waals surface area contributed by atoms with Crippen LogP contribution in [-0.4, -0.2) is 4.98 Å². The lowest BCUT2D eigenvalue weighted by molar-refractivity contribution is 0.284. The van der Waals surface area contributed by atoms with Gasteiger partial charge in [-0.2, -0.15) is 0 Å². The molecule has 0 atom stereocenters. The van der Waals surface area contributed by atoms with E-state index in [-0.39, 0.29) is 5.41 Å². The summed E-state index contributed by atoms with van der Waals surface area (Å²) in [5.41, 5.74) is 8.12. The lowest BCUT2D eigenvalue weighted by Gasteiger charge is -2.33. The summed E-state index contributed by atoms with van der Waals surface area (Å²) in [6, 6.07) is 11.8. The molecule has 3 heteroatoms. The fourth-order valence-electron chi connectivity index (χ4n) is 3.00. The van der Waals surface area contributed by atoms with Crippen LogP contribution in [-0.2, 0) is 5.41 Å². The third-order valence-electron chi connectivity index (χ3n) is 3.62. The van der Waals surface area contributed by atoms with Gasteiger partial charge in [-0.05, 0) is 47.1 Å². The standard InChI is InChI=1S/C19H26N2O/c1-18(2,3)13-19(4,5)14-8-10-15(11-9-14)22-17-16(20)7-6-12-21-17/h6-12H,13,20H2,1-5H3. The van der Waals surface area contributed by atoms with Crippen molar-refractivity contribution in [1.29, 1.82) is 0 Å². The number of benzene rings is 1. The van der Waals surface area contributed by atoms with Crippen molar-refractivity contribution in [2.24, 2.45) is 5.41 Å². The highest BCUT2D eigenvalue weighted by atomic mass is 16.5. The van der Waals surface area contributed by atoms with Crippen LogP contribution in [0.15, 0.2) is 42.6 Å². The minimum atomic E-state index is 0.126. The van der Waals surface area contributed by atoms with E-state index < -0.39 is 0 Å². The Morgan fingerprint density at radius 2 is 1.64 bits per heavy atom. The zero-order chi connectivity index (χ0) is 16.4. The molecule has 0 unspecified atom stereocenters. The molecule has 22 heavy (non-hydrogen) atoms. The summed E-state index contributed by atoms with van der Waals surface area (Å²) in [5, 5.41) is 0. The van der Waals surface area contributed by atoms with Crippen LogP contribution in [0.4, 0.5) is 5.69 Å². The van der Waals surface area contributed by atoms with Gasteiger partial charge in [0.05, 0.1) is 5.69 Å². The SMILES string of the molecule is CC(C)(C)CC(C)(C)c1ccc(Oc2ncccc2N)cc1. The van der Waals surface area contributed by atoms with Gasteiger partial charge in [-0.25, -0.2) is 4.98 Å². The first-order chi connectivity index (χ1) is 10.2. The van der Waals surface area contributed by atoms with Gasteiger partial charge < -0.3 is 10.5 Å². The highest BCUT2D eigenvalue weighted by Crippen LogP contribution is 2.37. The van der Waals surface area contributed by atoms with Crippen LogP contribution in [0.1, 0.15) is 46.6 Å². The summed E-state index contributed by atoms with van der Waals surface area (Å²) in [7, 11) is 0. The average molecular weight is 298 g/mol. The molecule has 0 radical (unpaired) electrons. The van der Waals surface area contributed by atoms with Crippen LogP contribution in [0.5, 0.6) is 11.6 Å². The van der Waals surface area contributed by atoms with E-state index in [1.54, 1.807) is 18.3 Å². The van der Waals surface area contributed by atoms with Crippen LogP contribution >= 0.6 is 0 Å². The van der Waals surface area contributed by atoms with E-state index in [1.165, 1.54) is 5.56 Å². The number of hydrogen-bond donors (Lipinski definition) is 1. The fourth-order valence-corrected chi connectivity index (χ4v) is 3.00. The van der Waals surface area contributed by atoms with Crippen LogP contribution in [0.2, 0.25) is 0 Å². The Morgan fingerprint density at radius 3 is 2.18 bits per heavy atom. The summed E-state index contributed by atoms with van der Waals surface area (Å²) >= 11 is 0. The number of pyridine rings is 1. The maximum absolute atomic E-state index is 5.85. The molecule has 0 aliphatic carbocycles. The van der Waals surface area contributed by atoms with Crippen molar-refractivity contribution in [3.8, 4) is 11.6 Å². The second kappa shape index (κ2) is 5.99. The van der Waals surface area contributed by atoms with Gasteiger partial charge in [0.2, 0.25) is 5.88 Å². The van der Waals surface area contributed by atoms with Gasteiger partial charge in [0.15, 0.2) is 0 Å². The molecule has 2 aromatic rings. The van der Waals surface area contributed by atoms with E-state index in [4.69, 9.17) is 10.5 Å². The maximum atomic E-state index is 5.85.